The lowest BCUT2D eigenvalue weighted by Gasteiger charge is -2.11. The Morgan fingerprint density at radius 3 is 2.56 bits per heavy atom. The normalized spacial score (nSPS) is 13.9. The fourth-order valence-corrected chi connectivity index (χ4v) is 3.09. The second-order valence-corrected chi connectivity index (χ2v) is 5.97. The Labute approximate surface area is 125 Å². The fraction of sp³-hybridized carbons (Fsp3) is 0.429. The van der Waals surface area contributed by atoms with Crippen molar-refractivity contribution in [1.82, 2.24) is 5.32 Å². The van der Waals surface area contributed by atoms with Crippen LogP contribution in [0.2, 0.25) is 0 Å². The molecule has 0 spiro atoms. The number of rotatable bonds is 5. The van der Waals surface area contributed by atoms with Crippen LogP contribution in [0.25, 0.3) is 0 Å². The van der Waals surface area contributed by atoms with Crippen molar-refractivity contribution in [2.24, 2.45) is 0 Å². The molecule has 1 fully saturated rings. The first-order valence-corrected chi connectivity index (χ1v) is 7.53. The van der Waals surface area contributed by atoms with E-state index >= 15 is 0 Å². The van der Waals surface area contributed by atoms with Crippen LogP contribution < -0.4 is 10.1 Å². The van der Waals surface area contributed by atoms with Gasteiger partial charge in [0, 0.05) is 12.6 Å². The van der Waals surface area contributed by atoms with Gasteiger partial charge < -0.3 is 10.1 Å². The smallest absolute Gasteiger partial charge is 0.149 e. The second-order valence-electron chi connectivity index (χ2n) is 4.26. The molecule has 0 heterocycles. The molecule has 18 heavy (non-hydrogen) atoms. The van der Waals surface area contributed by atoms with Gasteiger partial charge in [0.25, 0.3) is 0 Å². The average Bonchev–Trinajstić information content (AvgIpc) is 3.14. The van der Waals surface area contributed by atoms with Gasteiger partial charge in [0.2, 0.25) is 0 Å². The molecule has 1 saturated carbocycles. The predicted molar refractivity (Wildman–Crippen MR) is 80.6 cm³/mol. The zero-order valence-corrected chi connectivity index (χ0v) is 13.4. The van der Waals surface area contributed by atoms with Gasteiger partial charge >= 0.3 is 0 Å². The van der Waals surface area contributed by atoms with Crippen molar-refractivity contribution < 1.29 is 4.74 Å². The Kier molecular flexibility index (Phi) is 5.11. The van der Waals surface area contributed by atoms with Crippen LogP contribution in [0.3, 0.4) is 0 Å². The maximum Gasteiger partial charge on any atom is 0.149 e. The minimum atomic E-state index is 0.410. The van der Waals surface area contributed by atoms with E-state index in [9.17, 15) is 0 Å². The van der Waals surface area contributed by atoms with Crippen LogP contribution in [-0.4, -0.2) is 12.6 Å². The molecule has 2 nitrogen and oxygen atoms in total. The second kappa shape index (κ2) is 6.60. The topological polar surface area (TPSA) is 21.3 Å². The number of benzene rings is 1. The van der Waals surface area contributed by atoms with Crippen molar-refractivity contribution in [3.05, 3.63) is 26.6 Å². The molecule has 0 bridgehead atoms. The maximum atomic E-state index is 5.61. The number of hydrogen-bond donors (Lipinski definition) is 1. The summed E-state index contributed by atoms with van der Waals surface area (Å²) in [4.78, 5) is 0. The van der Waals surface area contributed by atoms with Crippen molar-refractivity contribution in [1.29, 1.82) is 0 Å². The molecule has 0 radical (unpaired) electrons. The Morgan fingerprint density at radius 2 is 2.00 bits per heavy atom. The van der Waals surface area contributed by atoms with Gasteiger partial charge in [-0.15, -0.1) is 5.92 Å². The van der Waals surface area contributed by atoms with Crippen molar-refractivity contribution in [3.63, 3.8) is 0 Å². The van der Waals surface area contributed by atoms with E-state index < -0.39 is 0 Å². The SMILES string of the molecule is CC#CCOc1c(Br)cc(CNC2CC2)cc1Br. The summed E-state index contributed by atoms with van der Waals surface area (Å²) in [6.45, 7) is 3.12. The Bertz CT molecular complexity index is 463. The van der Waals surface area contributed by atoms with E-state index in [1.165, 1.54) is 18.4 Å². The van der Waals surface area contributed by atoms with Gasteiger partial charge in [-0.2, -0.15) is 0 Å². The van der Waals surface area contributed by atoms with Gasteiger partial charge in [0.05, 0.1) is 8.95 Å². The zero-order chi connectivity index (χ0) is 13.0. The monoisotopic (exact) mass is 371 g/mol. The number of ether oxygens (including phenoxy) is 1. The molecule has 0 unspecified atom stereocenters. The first-order valence-electron chi connectivity index (χ1n) is 5.94. The predicted octanol–water partition coefficient (Wildman–Crippen LogP) is 3.87. The summed E-state index contributed by atoms with van der Waals surface area (Å²) in [5, 5.41) is 3.49. The van der Waals surface area contributed by atoms with E-state index in [0.717, 1.165) is 27.3 Å². The Morgan fingerprint density at radius 1 is 1.33 bits per heavy atom. The quantitative estimate of drug-likeness (QED) is 0.792. The molecule has 2 rings (SSSR count). The van der Waals surface area contributed by atoms with Gasteiger partial charge in [-0.25, -0.2) is 0 Å². The lowest BCUT2D eigenvalue weighted by atomic mass is 10.2. The number of halogens is 2. The van der Waals surface area contributed by atoms with Gasteiger partial charge in [-0.1, -0.05) is 5.92 Å². The lowest BCUT2D eigenvalue weighted by Crippen LogP contribution is -2.15. The van der Waals surface area contributed by atoms with Crippen molar-refractivity contribution in [3.8, 4) is 17.6 Å². The van der Waals surface area contributed by atoms with Gasteiger partial charge in [0.1, 0.15) is 12.4 Å². The molecular formula is C14H15Br2NO. The molecule has 1 aliphatic rings. The van der Waals surface area contributed by atoms with E-state index in [1.807, 2.05) is 0 Å². The molecule has 0 amide bonds. The Balaban J connectivity index is 2.03. The number of nitrogens with one attached hydrogen (secondary N) is 1. The first-order chi connectivity index (χ1) is 8.70. The molecule has 1 aromatic carbocycles. The molecule has 0 aliphatic heterocycles. The summed E-state index contributed by atoms with van der Waals surface area (Å²) in [5.74, 6) is 6.51. The highest BCUT2D eigenvalue weighted by atomic mass is 79.9. The van der Waals surface area contributed by atoms with E-state index in [4.69, 9.17) is 4.74 Å². The lowest BCUT2D eigenvalue weighted by molar-refractivity contribution is 0.365. The molecule has 4 heteroatoms. The molecule has 0 aromatic heterocycles. The minimum absolute atomic E-state index is 0.410. The van der Waals surface area contributed by atoms with E-state index in [1.54, 1.807) is 6.92 Å². The summed E-state index contributed by atoms with van der Waals surface area (Å²) in [7, 11) is 0. The third-order valence-corrected chi connectivity index (χ3v) is 3.87. The fourth-order valence-electron chi connectivity index (χ4n) is 1.58. The molecular weight excluding hydrogens is 358 g/mol. The van der Waals surface area contributed by atoms with Crippen LogP contribution in [0.1, 0.15) is 25.3 Å². The highest BCUT2D eigenvalue weighted by Crippen LogP contribution is 2.35. The van der Waals surface area contributed by atoms with Crippen LogP contribution in [-0.2, 0) is 6.54 Å². The van der Waals surface area contributed by atoms with Crippen LogP contribution in [0.5, 0.6) is 5.75 Å². The van der Waals surface area contributed by atoms with E-state index in [-0.39, 0.29) is 0 Å². The summed E-state index contributed by atoms with van der Waals surface area (Å²) < 4.78 is 7.53. The summed E-state index contributed by atoms with van der Waals surface area (Å²) >= 11 is 7.08. The molecule has 1 aliphatic carbocycles. The van der Waals surface area contributed by atoms with Crippen molar-refractivity contribution in [2.75, 3.05) is 6.61 Å². The Hall–Kier alpha value is -0.500. The van der Waals surface area contributed by atoms with Gasteiger partial charge in [0.15, 0.2) is 0 Å². The first kappa shape index (κ1) is 13.9. The van der Waals surface area contributed by atoms with Crippen molar-refractivity contribution in [2.45, 2.75) is 32.4 Å². The van der Waals surface area contributed by atoms with Crippen LogP contribution >= 0.6 is 31.9 Å². The van der Waals surface area contributed by atoms with Crippen LogP contribution in [0.15, 0.2) is 21.1 Å². The number of hydrogen-bond acceptors (Lipinski definition) is 2. The highest BCUT2D eigenvalue weighted by molar-refractivity contribution is 9.11. The summed E-state index contributed by atoms with van der Waals surface area (Å²) in [6.07, 6.45) is 2.61. The molecule has 96 valence electrons. The average molecular weight is 373 g/mol. The van der Waals surface area contributed by atoms with E-state index in [0.29, 0.717) is 6.61 Å². The maximum absolute atomic E-state index is 5.61. The van der Waals surface area contributed by atoms with Crippen LogP contribution in [0, 0.1) is 11.8 Å². The van der Waals surface area contributed by atoms with Crippen molar-refractivity contribution >= 4 is 31.9 Å². The summed E-state index contributed by atoms with van der Waals surface area (Å²) in [6, 6.07) is 4.90. The standard InChI is InChI=1S/C14H15Br2NO/c1-2-3-6-18-14-12(15)7-10(8-13(14)16)9-17-11-4-5-11/h7-8,11,17H,4-6,9H2,1H3. The zero-order valence-electron chi connectivity index (χ0n) is 10.2. The van der Waals surface area contributed by atoms with Gasteiger partial charge in [-0.3, -0.25) is 0 Å². The molecule has 0 saturated heterocycles. The molecule has 1 N–H and O–H groups in total. The third kappa shape index (κ3) is 4.01. The largest absolute Gasteiger partial charge is 0.479 e. The molecule has 0 atom stereocenters. The molecule has 1 aromatic rings. The highest BCUT2D eigenvalue weighted by Gasteiger charge is 2.20. The third-order valence-electron chi connectivity index (χ3n) is 2.70. The minimum Gasteiger partial charge on any atom is -0.479 e. The van der Waals surface area contributed by atoms with Gasteiger partial charge in [-0.05, 0) is 69.3 Å². The van der Waals surface area contributed by atoms with E-state index in [2.05, 4.69) is 61.2 Å². The summed E-state index contributed by atoms with van der Waals surface area (Å²) in [5.41, 5.74) is 1.24. The van der Waals surface area contributed by atoms with Crippen LogP contribution in [0.4, 0.5) is 0 Å².